The molecule has 6 rings (SSSR count). The normalized spacial score (nSPS) is 17.6. The maximum absolute atomic E-state index is 14.6. The van der Waals surface area contributed by atoms with Crippen molar-refractivity contribution in [2.24, 2.45) is 5.92 Å². The lowest BCUT2D eigenvalue weighted by molar-refractivity contribution is -0.145. The zero-order chi connectivity index (χ0) is 35.9. The first-order valence-corrected chi connectivity index (χ1v) is 17.8. The quantitative estimate of drug-likeness (QED) is 0.163. The molecule has 1 aliphatic carbocycles. The van der Waals surface area contributed by atoms with Gasteiger partial charge in [0.05, 0.1) is 11.6 Å². The molecule has 0 saturated heterocycles. The fraction of sp³-hybridized carbons (Fsp3) is 0.333. The smallest absolute Gasteiger partial charge is 0.335 e. The van der Waals surface area contributed by atoms with E-state index in [1.807, 2.05) is 74.5 Å². The third-order valence-electron chi connectivity index (χ3n) is 10.2. The molecule has 4 aromatic rings. The van der Waals surface area contributed by atoms with E-state index >= 15 is 0 Å². The van der Waals surface area contributed by atoms with E-state index in [4.69, 9.17) is 9.84 Å². The number of hydrogen-bond donors (Lipinski definition) is 3. The van der Waals surface area contributed by atoms with Crippen LogP contribution < -0.4 is 15.4 Å². The second-order valence-electron chi connectivity index (χ2n) is 13.6. The standard InChI is InChI=1S/C42H45N3O6/c1-3-27(2)39(46)44-37(23-28-17-21-34(22-18-28)51-26-29-15-19-31(20-16-29)42(49)50)41(48)45-25-33-11-5-4-10-32(33)24-38(45)40(47)43-36-14-8-12-30-9-6-7-13-35(30)36/h4-7,9-11,13,15-22,27,36-38H,3,8,12,14,23-26H2,1-2H3,(H,43,47)(H,44,46)(H,49,50)/t27-,36-,37+,38?/m1/s1. The van der Waals surface area contributed by atoms with Crippen LogP contribution in [0.2, 0.25) is 0 Å². The molecule has 1 heterocycles. The van der Waals surface area contributed by atoms with Crippen LogP contribution in [-0.4, -0.2) is 45.8 Å². The van der Waals surface area contributed by atoms with E-state index in [0.717, 1.165) is 47.1 Å². The maximum Gasteiger partial charge on any atom is 0.335 e. The molecule has 0 spiro atoms. The van der Waals surface area contributed by atoms with Gasteiger partial charge in [0.25, 0.3) is 0 Å². The van der Waals surface area contributed by atoms with E-state index in [1.165, 1.54) is 5.56 Å². The van der Waals surface area contributed by atoms with E-state index in [0.29, 0.717) is 18.6 Å². The second-order valence-corrected chi connectivity index (χ2v) is 13.6. The van der Waals surface area contributed by atoms with Crippen molar-refractivity contribution >= 4 is 23.7 Å². The van der Waals surface area contributed by atoms with Crippen molar-refractivity contribution in [3.63, 3.8) is 0 Å². The first-order chi connectivity index (χ1) is 24.7. The average Bonchev–Trinajstić information content (AvgIpc) is 3.16. The van der Waals surface area contributed by atoms with Crippen LogP contribution in [0.5, 0.6) is 5.75 Å². The SMILES string of the molecule is CC[C@@H](C)C(=O)N[C@@H](Cc1ccc(OCc2ccc(C(=O)O)cc2)cc1)C(=O)N1Cc2ccccc2CC1C(=O)N[C@@H]1CCCc2ccccc21. The van der Waals surface area contributed by atoms with Crippen molar-refractivity contribution in [1.29, 1.82) is 0 Å². The van der Waals surface area contributed by atoms with Crippen LogP contribution in [0.1, 0.15) is 82.9 Å². The monoisotopic (exact) mass is 687 g/mol. The molecule has 0 radical (unpaired) electrons. The lowest BCUT2D eigenvalue weighted by Crippen LogP contribution is -2.58. The number of fused-ring (bicyclic) bond motifs is 2. The fourth-order valence-corrected chi connectivity index (χ4v) is 6.93. The zero-order valence-corrected chi connectivity index (χ0v) is 29.1. The van der Waals surface area contributed by atoms with Gasteiger partial charge in [0.1, 0.15) is 24.4 Å². The summed E-state index contributed by atoms with van der Waals surface area (Å²) in [5.74, 6) is -1.35. The summed E-state index contributed by atoms with van der Waals surface area (Å²) in [4.78, 5) is 54.9. The Morgan fingerprint density at radius 3 is 2.24 bits per heavy atom. The van der Waals surface area contributed by atoms with E-state index in [1.54, 1.807) is 29.2 Å². The van der Waals surface area contributed by atoms with Gasteiger partial charge in [-0.05, 0) is 83.3 Å². The Kier molecular flexibility index (Phi) is 11.1. The van der Waals surface area contributed by atoms with Crippen LogP contribution in [0, 0.1) is 5.92 Å². The largest absolute Gasteiger partial charge is 0.489 e. The lowest BCUT2D eigenvalue weighted by atomic mass is 9.87. The predicted molar refractivity (Wildman–Crippen MR) is 194 cm³/mol. The van der Waals surface area contributed by atoms with E-state index < -0.39 is 18.1 Å². The fourth-order valence-electron chi connectivity index (χ4n) is 6.93. The highest BCUT2D eigenvalue weighted by Crippen LogP contribution is 2.31. The third-order valence-corrected chi connectivity index (χ3v) is 10.2. The Hall–Kier alpha value is -5.44. The molecule has 3 N–H and O–H groups in total. The molecule has 0 fully saturated rings. The highest BCUT2D eigenvalue weighted by molar-refractivity contribution is 5.93. The van der Waals surface area contributed by atoms with Crippen LogP contribution in [0.4, 0.5) is 0 Å². The van der Waals surface area contributed by atoms with Crippen molar-refractivity contribution < 1.29 is 29.0 Å². The van der Waals surface area contributed by atoms with Gasteiger partial charge in [-0.2, -0.15) is 0 Å². The summed E-state index contributed by atoms with van der Waals surface area (Å²) in [7, 11) is 0. The lowest BCUT2D eigenvalue weighted by Gasteiger charge is -2.39. The number of carbonyl (C=O) groups excluding carboxylic acids is 3. The van der Waals surface area contributed by atoms with Crippen LogP contribution in [0.15, 0.2) is 97.1 Å². The van der Waals surface area contributed by atoms with Gasteiger partial charge in [-0.25, -0.2) is 4.79 Å². The van der Waals surface area contributed by atoms with Crippen molar-refractivity contribution in [3.8, 4) is 5.75 Å². The first-order valence-electron chi connectivity index (χ1n) is 17.8. The summed E-state index contributed by atoms with van der Waals surface area (Å²) >= 11 is 0. The second kappa shape index (κ2) is 16.1. The van der Waals surface area contributed by atoms with Gasteiger partial charge in [-0.15, -0.1) is 0 Å². The molecule has 0 saturated carbocycles. The minimum absolute atomic E-state index is 0.123. The number of carbonyl (C=O) groups is 4. The summed E-state index contributed by atoms with van der Waals surface area (Å²) in [6.45, 7) is 4.31. The number of rotatable bonds is 12. The maximum atomic E-state index is 14.6. The average molecular weight is 688 g/mol. The number of carboxylic acid groups (broad SMARTS) is 1. The number of amides is 3. The molecule has 51 heavy (non-hydrogen) atoms. The number of nitrogens with one attached hydrogen (secondary N) is 2. The molecule has 9 heteroatoms. The van der Waals surface area contributed by atoms with Crippen LogP contribution in [0.3, 0.4) is 0 Å². The molecule has 2 aliphatic rings. The Morgan fingerprint density at radius 1 is 0.863 bits per heavy atom. The van der Waals surface area contributed by atoms with Crippen molar-refractivity contribution in [1.82, 2.24) is 15.5 Å². The van der Waals surface area contributed by atoms with Crippen LogP contribution in [0.25, 0.3) is 0 Å². The number of ether oxygens (including phenoxy) is 1. The molecule has 4 atom stereocenters. The van der Waals surface area contributed by atoms with Gasteiger partial charge in [0.2, 0.25) is 17.7 Å². The van der Waals surface area contributed by atoms with Gasteiger partial charge in [-0.1, -0.05) is 86.6 Å². The van der Waals surface area contributed by atoms with Crippen LogP contribution in [-0.2, 0) is 46.8 Å². The van der Waals surface area contributed by atoms with Crippen molar-refractivity contribution in [3.05, 3.63) is 136 Å². The van der Waals surface area contributed by atoms with Crippen molar-refractivity contribution in [2.45, 2.75) is 83.6 Å². The third kappa shape index (κ3) is 8.48. The molecular weight excluding hydrogens is 642 g/mol. The summed E-state index contributed by atoms with van der Waals surface area (Å²) in [5.41, 5.74) is 6.28. The number of aryl methyl sites for hydroxylation is 1. The van der Waals surface area contributed by atoms with Gasteiger partial charge < -0.3 is 25.4 Å². The molecule has 1 aliphatic heterocycles. The van der Waals surface area contributed by atoms with E-state index in [2.05, 4.69) is 22.8 Å². The molecule has 264 valence electrons. The molecule has 1 unspecified atom stereocenters. The Bertz CT molecular complexity index is 1870. The minimum Gasteiger partial charge on any atom is -0.489 e. The molecule has 9 nitrogen and oxygen atoms in total. The minimum atomic E-state index is -0.982. The number of carboxylic acids is 1. The Balaban J connectivity index is 1.21. The van der Waals surface area contributed by atoms with Gasteiger partial charge >= 0.3 is 5.97 Å². The number of benzene rings is 4. The zero-order valence-electron chi connectivity index (χ0n) is 29.1. The summed E-state index contributed by atoms with van der Waals surface area (Å²) in [6.07, 6.45) is 4.05. The van der Waals surface area contributed by atoms with E-state index in [-0.39, 0.29) is 54.8 Å². The number of aromatic carboxylic acids is 1. The van der Waals surface area contributed by atoms with Gasteiger partial charge in [-0.3, -0.25) is 14.4 Å². The van der Waals surface area contributed by atoms with Gasteiger partial charge in [0, 0.05) is 25.3 Å². The molecule has 0 aromatic heterocycles. The van der Waals surface area contributed by atoms with Crippen molar-refractivity contribution in [2.75, 3.05) is 0 Å². The predicted octanol–water partition coefficient (Wildman–Crippen LogP) is 6.18. The summed E-state index contributed by atoms with van der Waals surface area (Å²) in [6, 6.07) is 28.3. The molecule has 3 amide bonds. The van der Waals surface area contributed by atoms with Gasteiger partial charge in [0.15, 0.2) is 0 Å². The highest BCUT2D eigenvalue weighted by Gasteiger charge is 2.39. The molecule has 4 aromatic carbocycles. The Labute approximate surface area is 299 Å². The van der Waals surface area contributed by atoms with E-state index in [9.17, 15) is 19.2 Å². The summed E-state index contributed by atoms with van der Waals surface area (Å²) in [5, 5.41) is 15.5. The number of hydrogen-bond acceptors (Lipinski definition) is 5. The molecule has 0 bridgehead atoms. The van der Waals surface area contributed by atoms with Crippen LogP contribution >= 0.6 is 0 Å². The number of nitrogens with zero attached hydrogens (tertiary/aromatic N) is 1. The topological polar surface area (TPSA) is 125 Å². The Morgan fingerprint density at radius 2 is 1.53 bits per heavy atom. The first kappa shape index (κ1) is 35.4. The molecular formula is C42H45N3O6. The summed E-state index contributed by atoms with van der Waals surface area (Å²) < 4.78 is 5.93. The highest BCUT2D eigenvalue weighted by atomic mass is 16.5.